The number of benzene rings is 4. The lowest BCUT2D eigenvalue weighted by Crippen LogP contribution is -2.38. The lowest BCUT2D eigenvalue weighted by atomic mass is 9.97. The first-order chi connectivity index (χ1) is 26.8. The Kier molecular flexibility index (Phi) is 13.4. The van der Waals surface area contributed by atoms with E-state index in [0.29, 0.717) is 75.3 Å². The van der Waals surface area contributed by atoms with Gasteiger partial charge < -0.3 is 49.8 Å². The minimum atomic E-state index is -0.401. The molecule has 0 bridgehead atoms. The van der Waals surface area contributed by atoms with E-state index in [-0.39, 0.29) is 32.3 Å². The topological polar surface area (TPSA) is 176 Å². The van der Waals surface area contributed by atoms with Gasteiger partial charge in [-0.3, -0.25) is 4.79 Å². The molecule has 0 spiro atoms. The van der Waals surface area contributed by atoms with Crippen molar-refractivity contribution in [3.8, 4) is 39.8 Å². The van der Waals surface area contributed by atoms with Gasteiger partial charge in [0.1, 0.15) is 17.6 Å². The average Bonchev–Trinajstić information content (AvgIpc) is 3.71. The zero-order chi connectivity index (χ0) is 38.7. The minimum absolute atomic E-state index is 0.132. The largest absolute Gasteiger partial charge is 0.493 e. The van der Waals surface area contributed by atoms with Gasteiger partial charge in [0.05, 0.1) is 52.3 Å². The molecule has 5 aromatic rings. The molecular formula is C43H49N3O9. The number of rotatable bonds is 19. The molecule has 55 heavy (non-hydrogen) atoms. The first-order valence-electron chi connectivity index (χ1n) is 18.7. The summed E-state index contributed by atoms with van der Waals surface area (Å²) >= 11 is 0. The molecule has 290 valence electrons. The second-order valence-corrected chi connectivity index (χ2v) is 13.6. The number of hydrogen-bond donors (Lipinski definition) is 6. The molecule has 0 radical (unpaired) electrons. The number of nitrogens with zero attached hydrogens (tertiary/aromatic N) is 1. The molecule has 12 heteroatoms. The summed E-state index contributed by atoms with van der Waals surface area (Å²) in [5, 5.41) is 49.9. The third kappa shape index (κ3) is 9.46. The van der Waals surface area contributed by atoms with Gasteiger partial charge in [-0.25, -0.2) is 0 Å². The molecule has 1 aliphatic rings. The summed E-state index contributed by atoms with van der Waals surface area (Å²) in [6, 6.07) is 22.2. The molecule has 0 aliphatic carbocycles. The normalized spacial score (nSPS) is 13.6. The van der Waals surface area contributed by atoms with Gasteiger partial charge in [0, 0.05) is 28.4 Å². The molecule has 12 nitrogen and oxygen atoms in total. The molecule has 1 atom stereocenters. The molecule has 6 rings (SSSR count). The smallest absolute Gasteiger partial charge is 0.255 e. The molecule has 1 aliphatic heterocycles. The fraction of sp³-hybridized carbons (Fsp3) is 0.349. The number of carbonyl (C=O) groups excluding carboxylic acids is 1. The van der Waals surface area contributed by atoms with Crippen LogP contribution in [0.4, 0.5) is 5.69 Å². The predicted molar refractivity (Wildman–Crippen MR) is 208 cm³/mol. The van der Waals surface area contributed by atoms with Crippen LogP contribution in [0.2, 0.25) is 0 Å². The highest BCUT2D eigenvalue weighted by atomic mass is 16.5. The maximum absolute atomic E-state index is 12.7. The summed E-state index contributed by atoms with van der Waals surface area (Å²) in [6.07, 6.45) is 5.55. The Morgan fingerprint density at radius 2 is 1.35 bits per heavy atom. The van der Waals surface area contributed by atoms with E-state index in [1.165, 1.54) is 0 Å². The van der Waals surface area contributed by atoms with Crippen molar-refractivity contribution in [1.29, 1.82) is 0 Å². The van der Waals surface area contributed by atoms with Crippen LogP contribution < -0.4 is 24.8 Å². The Morgan fingerprint density at radius 1 is 0.673 bits per heavy atom. The molecule has 0 saturated heterocycles. The molecule has 6 N–H and O–H groups in total. The van der Waals surface area contributed by atoms with E-state index in [0.717, 1.165) is 60.9 Å². The monoisotopic (exact) mass is 751 g/mol. The second-order valence-electron chi connectivity index (χ2n) is 13.6. The summed E-state index contributed by atoms with van der Waals surface area (Å²) in [4.78, 5) is 12.7. The van der Waals surface area contributed by atoms with Crippen LogP contribution in [0.5, 0.6) is 17.2 Å². The maximum atomic E-state index is 12.7. The van der Waals surface area contributed by atoms with Crippen molar-refractivity contribution in [3.63, 3.8) is 0 Å². The van der Waals surface area contributed by atoms with Crippen molar-refractivity contribution in [3.05, 3.63) is 112 Å². The lowest BCUT2D eigenvalue weighted by molar-refractivity contribution is 0.0935. The van der Waals surface area contributed by atoms with Gasteiger partial charge in [-0.1, -0.05) is 48.5 Å². The van der Waals surface area contributed by atoms with Gasteiger partial charge in [0.15, 0.2) is 17.3 Å². The van der Waals surface area contributed by atoms with Crippen LogP contribution in [0, 0.1) is 6.92 Å². The Hall–Kier alpha value is -5.40. The van der Waals surface area contributed by atoms with E-state index in [2.05, 4.69) is 15.8 Å². The molecule has 4 aromatic carbocycles. The summed E-state index contributed by atoms with van der Waals surface area (Å²) in [7, 11) is 1.60. The van der Waals surface area contributed by atoms with Crippen molar-refractivity contribution < 1.29 is 44.0 Å². The van der Waals surface area contributed by atoms with Gasteiger partial charge in [0.25, 0.3) is 5.91 Å². The van der Waals surface area contributed by atoms with Gasteiger partial charge in [0.2, 0.25) is 0 Å². The number of unbranched alkanes of at least 4 members (excludes halogenated alkanes) is 5. The summed E-state index contributed by atoms with van der Waals surface area (Å²) in [6.45, 7) is 2.02. The van der Waals surface area contributed by atoms with Gasteiger partial charge in [-0.15, -0.1) is 0 Å². The number of amides is 1. The highest BCUT2D eigenvalue weighted by molar-refractivity contribution is 6.01. The van der Waals surface area contributed by atoms with Crippen molar-refractivity contribution in [2.45, 2.75) is 78.0 Å². The zero-order valence-electron chi connectivity index (χ0n) is 31.3. The molecule has 0 saturated carbocycles. The van der Waals surface area contributed by atoms with Crippen LogP contribution in [0.25, 0.3) is 22.6 Å². The number of aliphatic hydroxyl groups excluding tert-OH is 4. The van der Waals surface area contributed by atoms with Crippen LogP contribution in [0.3, 0.4) is 0 Å². The van der Waals surface area contributed by atoms with Crippen LogP contribution in [0.1, 0.15) is 88.4 Å². The number of aryl methyl sites for hydroxylation is 1. The summed E-state index contributed by atoms with van der Waals surface area (Å²) in [5.41, 5.74) is 7.48. The number of carbonyl (C=O) groups is 1. The molecule has 1 unspecified atom stereocenters. The number of anilines is 1. The zero-order valence-corrected chi connectivity index (χ0v) is 31.3. The third-order valence-electron chi connectivity index (χ3n) is 9.82. The highest BCUT2D eigenvalue weighted by Gasteiger charge is 2.25. The summed E-state index contributed by atoms with van der Waals surface area (Å²) in [5.74, 6) is 2.20. The van der Waals surface area contributed by atoms with Crippen molar-refractivity contribution in [2.24, 2.45) is 0 Å². The first-order valence-corrected chi connectivity index (χ1v) is 18.7. The quantitative estimate of drug-likeness (QED) is 0.0482. The Labute approximate surface area is 320 Å². The number of methoxy groups -OCH3 is 1. The number of fused-ring (bicyclic) bond motifs is 1. The molecule has 2 heterocycles. The standard InChI is InChI=1S/C43H49N3O9/c1-27-9-12-36-34(17-27)43(51)45-42(44-36)29-11-13-38(33(18-29)25-49)53-15-7-5-3-4-6-8-16-54-41-21-28(10-14-39(41)52-2)37-22-40(55-46-37)30-19-31(23-47)35(26-50)32(20-30)24-48/h9-14,17-22,42,44,47-50H,3-8,15-16,23-26H2,1-2H3,(H,45,51). The Balaban J connectivity index is 0.923. The lowest BCUT2D eigenvalue weighted by Gasteiger charge is -2.29. The fourth-order valence-corrected chi connectivity index (χ4v) is 6.78. The van der Waals surface area contributed by atoms with Crippen molar-refractivity contribution in [1.82, 2.24) is 10.5 Å². The summed E-state index contributed by atoms with van der Waals surface area (Å²) < 4.78 is 23.3. The maximum Gasteiger partial charge on any atom is 0.255 e. The number of aliphatic hydroxyl groups is 4. The van der Waals surface area contributed by atoms with Gasteiger partial charge in [-0.05, 0) is 96.6 Å². The average molecular weight is 752 g/mol. The van der Waals surface area contributed by atoms with E-state index in [9.17, 15) is 25.2 Å². The van der Waals surface area contributed by atoms with Crippen LogP contribution in [-0.4, -0.2) is 51.8 Å². The SMILES string of the molecule is COc1ccc(-c2cc(-c3cc(CO)c(CO)c(CO)c3)on2)cc1OCCCCCCCCOc1ccc(C2NC(=O)c3cc(C)ccc3N2)cc1CO. The van der Waals surface area contributed by atoms with Crippen molar-refractivity contribution in [2.75, 3.05) is 25.6 Å². The molecule has 1 amide bonds. The van der Waals surface area contributed by atoms with Crippen LogP contribution in [-0.2, 0) is 26.4 Å². The van der Waals surface area contributed by atoms with Gasteiger partial charge >= 0.3 is 0 Å². The number of nitrogens with one attached hydrogen (secondary N) is 2. The first kappa shape index (κ1) is 39.3. The third-order valence-corrected chi connectivity index (χ3v) is 9.82. The van der Waals surface area contributed by atoms with Crippen LogP contribution in [0.15, 0.2) is 77.3 Å². The molecule has 1 aromatic heterocycles. The Bertz CT molecular complexity index is 2050. The molecular weight excluding hydrogens is 702 g/mol. The van der Waals surface area contributed by atoms with E-state index >= 15 is 0 Å². The van der Waals surface area contributed by atoms with E-state index in [1.807, 2.05) is 61.5 Å². The molecule has 0 fully saturated rings. The number of hydrogen-bond acceptors (Lipinski definition) is 11. The Morgan fingerprint density at radius 3 is 2.02 bits per heavy atom. The van der Waals surface area contributed by atoms with E-state index in [1.54, 1.807) is 25.3 Å². The minimum Gasteiger partial charge on any atom is -0.493 e. The number of aromatic nitrogens is 1. The van der Waals surface area contributed by atoms with Crippen molar-refractivity contribution >= 4 is 11.6 Å². The van der Waals surface area contributed by atoms with Gasteiger partial charge in [-0.2, -0.15) is 0 Å². The highest BCUT2D eigenvalue weighted by Crippen LogP contribution is 2.35. The van der Waals surface area contributed by atoms with Crippen LogP contribution >= 0.6 is 0 Å². The fourth-order valence-electron chi connectivity index (χ4n) is 6.78. The van der Waals surface area contributed by atoms with E-state index in [4.69, 9.17) is 18.7 Å². The number of ether oxygens (including phenoxy) is 3. The predicted octanol–water partition coefficient (Wildman–Crippen LogP) is 6.95. The second kappa shape index (κ2) is 18.8. The van der Waals surface area contributed by atoms with E-state index < -0.39 is 6.17 Å².